The largest absolute Gasteiger partial charge is 0.341 e. The van der Waals surface area contributed by atoms with Gasteiger partial charge < -0.3 is 10.2 Å². The summed E-state index contributed by atoms with van der Waals surface area (Å²) in [5.74, 6) is 0.632. The van der Waals surface area contributed by atoms with Crippen molar-refractivity contribution in [2.45, 2.75) is 38.8 Å². The van der Waals surface area contributed by atoms with Gasteiger partial charge in [0.15, 0.2) is 0 Å². The maximum Gasteiger partial charge on any atom is 0.225 e. The van der Waals surface area contributed by atoms with Gasteiger partial charge in [0.2, 0.25) is 5.91 Å². The van der Waals surface area contributed by atoms with E-state index in [1.165, 1.54) is 5.56 Å². The zero-order chi connectivity index (χ0) is 16.1. The highest BCUT2D eigenvalue weighted by molar-refractivity contribution is 5.79. The molecule has 23 heavy (non-hydrogen) atoms. The number of amides is 1. The van der Waals surface area contributed by atoms with E-state index < -0.39 is 0 Å². The fourth-order valence-electron chi connectivity index (χ4n) is 3.71. The van der Waals surface area contributed by atoms with Gasteiger partial charge in [-0.2, -0.15) is 0 Å². The Balaban J connectivity index is 1.58. The second kappa shape index (κ2) is 7.93. The van der Waals surface area contributed by atoms with Gasteiger partial charge in [0.25, 0.3) is 0 Å². The van der Waals surface area contributed by atoms with Gasteiger partial charge in [-0.05, 0) is 44.8 Å². The predicted molar refractivity (Wildman–Crippen MR) is 93.1 cm³/mol. The van der Waals surface area contributed by atoms with Crippen LogP contribution in [0.15, 0.2) is 30.3 Å². The fourth-order valence-corrected chi connectivity index (χ4v) is 3.71. The van der Waals surface area contributed by atoms with Crippen molar-refractivity contribution in [3.63, 3.8) is 0 Å². The van der Waals surface area contributed by atoms with Crippen LogP contribution < -0.4 is 5.32 Å². The molecule has 2 heterocycles. The molecule has 1 atom stereocenters. The van der Waals surface area contributed by atoms with Gasteiger partial charge in [-0.15, -0.1) is 0 Å². The Hall–Kier alpha value is -1.39. The lowest BCUT2D eigenvalue weighted by Crippen LogP contribution is -2.42. The normalized spacial score (nSPS) is 24.4. The van der Waals surface area contributed by atoms with Gasteiger partial charge in [0.1, 0.15) is 0 Å². The summed E-state index contributed by atoms with van der Waals surface area (Å²) < 4.78 is 0. The number of hydrogen-bond acceptors (Lipinski definition) is 3. The van der Waals surface area contributed by atoms with Crippen molar-refractivity contribution >= 4 is 5.91 Å². The third-order valence-corrected chi connectivity index (χ3v) is 5.33. The number of nitrogens with zero attached hydrogens (tertiary/aromatic N) is 2. The number of piperidine rings is 1. The fraction of sp³-hybridized carbons (Fsp3) is 0.632. The molecule has 1 unspecified atom stereocenters. The summed E-state index contributed by atoms with van der Waals surface area (Å²) in [6.45, 7) is 8.02. The highest BCUT2D eigenvalue weighted by atomic mass is 16.2. The van der Waals surface area contributed by atoms with Crippen LogP contribution in [0.1, 0.15) is 31.7 Å². The van der Waals surface area contributed by atoms with Gasteiger partial charge in [-0.1, -0.05) is 30.3 Å². The molecule has 0 spiro atoms. The Morgan fingerprint density at radius 2 is 1.83 bits per heavy atom. The topological polar surface area (TPSA) is 35.6 Å². The van der Waals surface area contributed by atoms with Crippen molar-refractivity contribution in [2.75, 3.05) is 32.7 Å². The molecule has 0 bridgehead atoms. The number of benzene rings is 1. The Kier molecular flexibility index (Phi) is 5.68. The highest BCUT2D eigenvalue weighted by Gasteiger charge is 2.29. The summed E-state index contributed by atoms with van der Waals surface area (Å²) in [5, 5.41) is 3.35. The van der Waals surface area contributed by atoms with Crippen molar-refractivity contribution in [3.05, 3.63) is 35.9 Å². The maximum atomic E-state index is 12.8. The average molecular weight is 315 g/mol. The van der Waals surface area contributed by atoms with Gasteiger partial charge in [0.05, 0.1) is 0 Å². The molecular formula is C19H29N3O. The summed E-state index contributed by atoms with van der Waals surface area (Å²) in [6, 6.07) is 11.2. The second-order valence-corrected chi connectivity index (χ2v) is 6.94. The predicted octanol–water partition coefficient (Wildman–Crippen LogP) is 2.11. The lowest BCUT2D eigenvalue weighted by atomic mass is 9.96. The molecule has 1 aromatic rings. The molecule has 0 radical (unpaired) electrons. The molecule has 126 valence electrons. The van der Waals surface area contributed by atoms with E-state index in [1.54, 1.807) is 0 Å². The van der Waals surface area contributed by atoms with Crippen molar-refractivity contribution in [2.24, 2.45) is 5.92 Å². The summed E-state index contributed by atoms with van der Waals surface area (Å²) in [7, 11) is 0. The van der Waals surface area contributed by atoms with E-state index in [9.17, 15) is 4.79 Å². The van der Waals surface area contributed by atoms with Crippen LogP contribution in [0.2, 0.25) is 0 Å². The van der Waals surface area contributed by atoms with Crippen LogP contribution in [0.25, 0.3) is 0 Å². The molecular weight excluding hydrogens is 286 g/mol. The van der Waals surface area contributed by atoms with E-state index in [0.29, 0.717) is 11.9 Å². The molecule has 0 saturated carbocycles. The van der Waals surface area contributed by atoms with Crippen LogP contribution in [0.4, 0.5) is 0 Å². The molecule has 1 amide bonds. The number of nitrogens with one attached hydrogen (secondary N) is 1. The molecule has 2 aliphatic heterocycles. The van der Waals surface area contributed by atoms with E-state index in [2.05, 4.69) is 52.4 Å². The Labute approximate surface area is 139 Å². The minimum atomic E-state index is 0.243. The van der Waals surface area contributed by atoms with E-state index in [0.717, 1.165) is 58.5 Å². The van der Waals surface area contributed by atoms with E-state index in [4.69, 9.17) is 0 Å². The Morgan fingerprint density at radius 3 is 2.57 bits per heavy atom. The minimum Gasteiger partial charge on any atom is -0.341 e. The minimum absolute atomic E-state index is 0.243. The first-order chi connectivity index (χ1) is 11.2. The van der Waals surface area contributed by atoms with Gasteiger partial charge in [-0.25, -0.2) is 0 Å². The first-order valence-corrected chi connectivity index (χ1v) is 9.01. The van der Waals surface area contributed by atoms with Gasteiger partial charge >= 0.3 is 0 Å². The van der Waals surface area contributed by atoms with E-state index >= 15 is 0 Å². The first-order valence-electron chi connectivity index (χ1n) is 9.01. The van der Waals surface area contributed by atoms with E-state index in [1.807, 2.05) is 0 Å². The van der Waals surface area contributed by atoms with Crippen molar-refractivity contribution in [1.29, 1.82) is 0 Å². The van der Waals surface area contributed by atoms with Gasteiger partial charge in [0, 0.05) is 38.1 Å². The molecule has 0 aromatic heterocycles. The number of hydrogen-bond donors (Lipinski definition) is 1. The Morgan fingerprint density at radius 1 is 1.09 bits per heavy atom. The monoisotopic (exact) mass is 315 g/mol. The summed E-state index contributed by atoms with van der Waals surface area (Å²) in [6.07, 6.45) is 3.07. The molecule has 1 N–H and O–H groups in total. The third-order valence-electron chi connectivity index (χ3n) is 5.33. The van der Waals surface area contributed by atoms with Crippen molar-refractivity contribution < 1.29 is 4.79 Å². The molecule has 2 fully saturated rings. The summed E-state index contributed by atoms with van der Waals surface area (Å²) in [5.41, 5.74) is 1.36. The second-order valence-electron chi connectivity index (χ2n) is 6.94. The smallest absolute Gasteiger partial charge is 0.225 e. The highest BCUT2D eigenvalue weighted by Crippen LogP contribution is 2.19. The molecule has 3 rings (SSSR count). The van der Waals surface area contributed by atoms with E-state index in [-0.39, 0.29) is 5.92 Å². The molecule has 0 aliphatic carbocycles. The zero-order valence-corrected chi connectivity index (χ0v) is 14.2. The Bertz CT molecular complexity index is 499. The average Bonchev–Trinajstić information content (AvgIpc) is 2.78. The maximum absolute atomic E-state index is 12.8. The quantitative estimate of drug-likeness (QED) is 0.928. The van der Waals surface area contributed by atoms with Crippen LogP contribution in [0.3, 0.4) is 0 Å². The molecule has 2 aliphatic rings. The zero-order valence-electron chi connectivity index (χ0n) is 14.2. The van der Waals surface area contributed by atoms with Crippen LogP contribution in [-0.4, -0.2) is 54.5 Å². The molecule has 2 saturated heterocycles. The first kappa shape index (κ1) is 16.5. The number of rotatable bonds is 3. The molecule has 4 nitrogen and oxygen atoms in total. The number of carbonyl (C=O) groups is 1. The van der Waals surface area contributed by atoms with Crippen molar-refractivity contribution in [3.8, 4) is 0 Å². The van der Waals surface area contributed by atoms with Crippen molar-refractivity contribution in [1.82, 2.24) is 15.1 Å². The van der Waals surface area contributed by atoms with Crippen LogP contribution in [0, 0.1) is 5.92 Å². The summed E-state index contributed by atoms with van der Waals surface area (Å²) >= 11 is 0. The van der Waals surface area contributed by atoms with Crippen LogP contribution in [0.5, 0.6) is 0 Å². The van der Waals surface area contributed by atoms with Crippen LogP contribution >= 0.6 is 0 Å². The lowest BCUT2D eigenvalue weighted by molar-refractivity contribution is -0.136. The number of carbonyl (C=O) groups excluding carboxylic acids is 1. The standard InChI is InChI=1S/C19H29N3O/c1-16-9-12-21(19(23)18-7-10-20-11-8-18)13-14-22(16)15-17-5-3-2-4-6-17/h2-6,16,18,20H,7-15H2,1H3. The molecule has 1 aromatic carbocycles. The SMILES string of the molecule is CC1CCN(C(=O)C2CCNCC2)CCN1Cc1ccccc1. The lowest BCUT2D eigenvalue weighted by Gasteiger charge is -2.29. The summed E-state index contributed by atoms with van der Waals surface area (Å²) in [4.78, 5) is 17.4. The van der Waals surface area contributed by atoms with Crippen LogP contribution in [-0.2, 0) is 11.3 Å². The molecule has 4 heteroatoms. The van der Waals surface area contributed by atoms with Gasteiger partial charge in [-0.3, -0.25) is 9.69 Å². The third kappa shape index (κ3) is 4.33.